The number of rotatable bonds is 7. The molecule has 0 spiro atoms. The molecule has 0 fully saturated rings. The number of carbonyl (C=O) groups excluding carboxylic acids is 1. The maximum Gasteiger partial charge on any atom is 0.230 e. The molecule has 118 valence electrons. The number of benzene rings is 1. The standard InChI is InChI=1S/C16H21N3O2S/c1-12-13(2)19(11-18-12)8-7-17-16(20)10-22-15-6-4-5-14(9-15)21-3/h4-6,9,11H,7-8,10H2,1-3H3,(H,17,20). The zero-order chi connectivity index (χ0) is 15.9. The molecule has 1 heterocycles. The van der Waals surface area contributed by atoms with Crippen LogP contribution in [0.5, 0.6) is 5.75 Å². The molecule has 0 atom stereocenters. The van der Waals surface area contributed by atoms with Crippen LogP contribution in [0.1, 0.15) is 11.4 Å². The number of aryl methyl sites for hydroxylation is 1. The Kier molecular flexibility index (Phi) is 5.89. The third kappa shape index (κ3) is 4.53. The van der Waals surface area contributed by atoms with Crippen LogP contribution in [0.2, 0.25) is 0 Å². The molecule has 22 heavy (non-hydrogen) atoms. The lowest BCUT2D eigenvalue weighted by atomic mass is 10.3. The molecule has 5 nitrogen and oxygen atoms in total. The number of aromatic nitrogens is 2. The van der Waals surface area contributed by atoms with Crippen molar-refractivity contribution < 1.29 is 9.53 Å². The highest BCUT2D eigenvalue weighted by atomic mass is 32.2. The number of methoxy groups -OCH3 is 1. The number of hydrogen-bond donors (Lipinski definition) is 1. The summed E-state index contributed by atoms with van der Waals surface area (Å²) in [4.78, 5) is 17.1. The Bertz CT molecular complexity index is 640. The zero-order valence-corrected chi connectivity index (χ0v) is 13.9. The van der Waals surface area contributed by atoms with Gasteiger partial charge in [-0.2, -0.15) is 0 Å². The van der Waals surface area contributed by atoms with E-state index in [4.69, 9.17) is 4.74 Å². The summed E-state index contributed by atoms with van der Waals surface area (Å²) in [6.45, 7) is 5.36. The molecule has 1 N–H and O–H groups in total. The lowest BCUT2D eigenvalue weighted by Crippen LogP contribution is -2.28. The van der Waals surface area contributed by atoms with E-state index in [-0.39, 0.29) is 5.91 Å². The van der Waals surface area contributed by atoms with Crippen LogP contribution in [0.4, 0.5) is 0 Å². The van der Waals surface area contributed by atoms with E-state index in [2.05, 4.69) is 10.3 Å². The van der Waals surface area contributed by atoms with Crippen molar-refractivity contribution in [1.82, 2.24) is 14.9 Å². The minimum atomic E-state index is 0.0299. The SMILES string of the molecule is COc1cccc(SCC(=O)NCCn2cnc(C)c2C)c1. The van der Waals surface area contributed by atoms with Crippen molar-refractivity contribution in [2.24, 2.45) is 0 Å². The Hall–Kier alpha value is -1.95. The molecule has 2 aromatic rings. The summed E-state index contributed by atoms with van der Waals surface area (Å²) in [5.74, 6) is 1.23. The maximum atomic E-state index is 11.9. The van der Waals surface area contributed by atoms with Gasteiger partial charge in [-0.15, -0.1) is 11.8 Å². The van der Waals surface area contributed by atoms with E-state index in [1.165, 1.54) is 11.8 Å². The van der Waals surface area contributed by atoms with Gasteiger partial charge in [-0.1, -0.05) is 6.07 Å². The monoisotopic (exact) mass is 319 g/mol. The van der Waals surface area contributed by atoms with Gasteiger partial charge in [0.25, 0.3) is 0 Å². The third-order valence-corrected chi connectivity index (χ3v) is 4.42. The highest BCUT2D eigenvalue weighted by Crippen LogP contribution is 2.22. The van der Waals surface area contributed by atoms with Gasteiger partial charge in [0.1, 0.15) is 5.75 Å². The molecule has 0 bridgehead atoms. The molecule has 0 aliphatic rings. The second kappa shape index (κ2) is 7.89. The Morgan fingerprint density at radius 1 is 1.41 bits per heavy atom. The van der Waals surface area contributed by atoms with Gasteiger partial charge in [0.15, 0.2) is 0 Å². The predicted octanol–water partition coefficient (Wildman–Crippen LogP) is 2.42. The quantitative estimate of drug-likeness (QED) is 0.796. The molecular formula is C16H21N3O2S. The van der Waals surface area contributed by atoms with Crippen LogP contribution < -0.4 is 10.1 Å². The molecule has 2 rings (SSSR count). The van der Waals surface area contributed by atoms with E-state index in [0.29, 0.717) is 12.3 Å². The van der Waals surface area contributed by atoms with Crippen molar-refractivity contribution >= 4 is 17.7 Å². The summed E-state index contributed by atoms with van der Waals surface area (Å²) in [6.07, 6.45) is 1.81. The van der Waals surface area contributed by atoms with Gasteiger partial charge < -0.3 is 14.6 Å². The van der Waals surface area contributed by atoms with E-state index in [9.17, 15) is 4.79 Å². The predicted molar refractivity (Wildman–Crippen MR) is 88.4 cm³/mol. The van der Waals surface area contributed by atoms with Gasteiger partial charge in [-0.3, -0.25) is 4.79 Å². The first-order chi connectivity index (χ1) is 10.6. The molecule has 1 amide bonds. The van der Waals surface area contributed by atoms with Crippen LogP contribution in [0.25, 0.3) is 0 Å². The van der Waals surface area contributed by atoms with Gasteiger partial charge in [-0.25, -0.2) is 4.98 Å². The van der Waals surface area contributed by atoms with Crippen LogP contribution in [0, 0.1) is 13.8 Å². The number of nitrogens with one attached hydrogen (secondary N) is 1. The summed E-state index contributed by atoms with van der Waals surface area (Å²) in [6, 6.07) is 7.70. The van der Waals surface area contributed by atoms with E-state index in [0.717, 1.165) is 28.6 Å². The fourth-order valence-corrected chi connectivity index (χ4v) is 2.75. The van der Waals surface area contributed by atoms with Crippen LogP contribution in [0.15, 0.2) is 35.5 Å². The number of carbonyl (C=O) groups is 1. The number of ether oxygens (including phenoxy) is 1. The molecule has 1 aromatic heterocycles. The molecule has 0 aliphatic carbocycles. The van der Waals surface area contributed by atoms with E-state index >= 15 is 0 Å². The molecule has 1 aromatic carbocycles. The van der Waals surface area contributed by atoms with Crippen molar-refractivity contribution in [2.75, 3.05) is 19.4 Å². The Labute approximate surface area is 135 Å². The number of nitrogens with zero attached hydrogens (tertiary/aromatic N) is 2. The van der Waals surface area contributed by atoms with Gasteiger partial charge in [-0.05, 0) is 32.0 Å². The average molecular weight is 319 g/mol. The minimum Gasteiger partial charge on any atom is -0.497 e. The maximum absolute atomic E-state index is 11.9. The molecule has 0 saturated heterocycles. The number of imidazole rings is 1. The second-order valence-electron chi connectivity index (χ2n) is 4.93. The van der Waals surface area contributed by atoms with Crippen LogP contribution in [0.3, 0.4) is 0 Å². The number of thioether (sulfide) groups is 1. The van der Waals surface area contributed by atoms with Gasteiger partial charge in [0.05, 0.1) is 24.9 Å². The third-order valence-electron chi connectivity index (χ3n) is 3.43. The molecule has 0 unspecified atom stereocenters. The summed E-state index contributed by atoms with van der Waals surface area (Å²) >= 11 is 1.50. The first kappa shape index (κ1) is 16.4. The van der Waals surface area contributed by atoms with Crippen molar-refractivity contribution in [3.8, 4) is 5.75 Å². The summed E-state index contributed by atoms with van der Waals surface area (Å²) in [7, 11) is 1.64. The highest BCUT2D eigenvalue weighted by Gasteiger charge is 2.05. The topological polar surface area (TPSA) is 56.1 Å². The summed E-state index contributed by atoms with van der Waals surface area (Å²) in [5.41, 5.74) is 2.17. The first-order valence-electron chi connectivity index (χ1n) is 7.12. The molecule has 6 heteroatoms. The van der Waals surface area contributed by atoms with E-state index < -0.39 is 0 Å². The molecule has 0 saturated carbocycles. The Morgan fingerprint density at radius 3 is 2.91 bits per heavy atom. The molecule has 0 aliphatic heterocycles. The van der Waals surface area contributed by atoms with E-state index in [1.54, 1.807) is 7.11 Å². The fourth-order valence-electron chi connectivity index (χ4n) is 1.98. The Morgan fingerprint density at radius 2 is 2.23 bits per heavy atom. The van der Waals surface area contributed by atoms with Crippen LogP contribution >= 0.6 is 11.8 Å². The number of amides is 1. The average Bonchev–Trinajstić information content (AvgIpc) is 2.85. The van der Waals surface area contributed by atoms with Gasteiger partial charge >= 0.3 is 0 Å². The molecule has 0 radical (unpaired) electrons. The smallest absolute Gasteiger partial charge is 0.230 e. The second-order valence-corrected chi connectivity index (χ2v) is 5.98. The van der Waals surface area contributed by atoms with Crippen molar-refractivity contribution in [3.63, 3.8) is 0 Å². The normalized spacial score (nSPS) is 10.5. The van der Waals surface area contributed by atoms with Crippen LogP contribution in [-0.4, -0.2) is 34.9 Å². The van der Waals surface area contributed by atoms with Gasteiger partial charge in [0, 0.05) is 23.7 Å². The summed E-state index contributed by atoms with van der Waals surface area (Å²) in [5, 5.41) is 2.93. The van der Waals surface area contributed by atoms with Crippen molar-refractivity contribution in [3.05, 3.63) is 42.0 Å². The lowest BCUT2D eigenvalue weighted by molar-refractivity contribution is -0.118. The van der Waals surface area contributed by atoms with Gasteiger partial charge in [0.2, 0.25) is 5.91 Å². The highest BCUT2D eigenvalue weighted by molar-refractivity contribution is 8.00. The fraction of sp³-hybridized carbons (Fsp3) is 0.375. The van der Waals surface area contributed by atoms with Crippen molar-refractivity contribution in [2.45, 2.75) is 25.3 Å². The zero-order valence-electron chi connectivity index (χ0n) is 13.1. The Balaban J connectivity index is 1.72. The van der Waals surface area contributed by atoms with Crippen LogP contribution in [-0.2, 0) is 11.3 Å². The first-order valence-corrected chi connectivity index (χ1v) is 8.10. The van der Waals surface area contributed by atoms with Crippen molar-refractivity contribution in [1.29, 1.82) is 0 Å². The lowest BCUT2D eigenvalue weighted by Gasteiger charge is -2.08. The molecular weight excluding hydrogens is 298 g/mol. The summed E-state index contributed by atoms with van der Waals surface area (Å²) < 4.78 is 7.21. The van der Waals surface area contributed by atoms with E-state index in [1.807, 2.05) is 49.0 Å². The number of hydrogen-bond acceptors (Lipinski definition) is 4. The minimum absolute atomic E-state index is 0.0299. The largest absolute Gasteiger partial charge is 0.497 e.